The summed E-state index contributed by atoms with van der Waals surface area (Å²) in [6, 6.07) is 11.0. The summed E-state index contributed by atoms with van der Waals surface area (Å²) in [6.07, 6.45) is 6.66. The van der Waals surface area contributed by atoms with Gasteiger partial charge < -0.3 is 4.48 Å². The zero-order valence-electron chi connectivity index (χ0n) is 12.3. The van der Waals surface area contributed by atoms with Gasteiger partial charge in [-0.15, -0.1) is 0 Å². The van der Waals surface area contributed by atoms with E-state index in [0.717, 1.165) is 0 Å². The summed E-state index contributed by atoms with van der Waals surface area (Å²) in [6.45, 7) is 7.56. The number of rotatable bonds is 5. The van der Waals surface area contributed by atoms with Gasteiger partial charge >= 0.3 is 0 Å². The molecule has 1 atom stereocenters. The quantitative estimate of drug-likeness (QED) is 0.688. The summed E-state index contributed by atoms with van der Waals surface area (Å²) in [4.78, 5) is 0. The highest BCUT2D eigenvalue weighted by Gasteiger charge is 2.45. The Hall–Kier alpha value is -0.820. The summed E-state index contributed by atoms with van der Waals surface area (Å²) >= 11 is 0. The second kappa shape index (κ2) is 5.44. The fraction of sp³-hybridized carbons (Fsp3) is 0.647. The molecule has 1 saturated heterocycles. The second-order valence-corrected chi connectivity index (χ2v) is 6.46. The van der Waals surface area contributed by atoms with Gasteiger partial charge in [-0.3, -0.25) is 0 Å². The Bertz CT molecular complexity index is 364. The molecule has 1 aromatic carbocycles. The van der Waals surface area contributed by atoms with E-state index in [1.165, 1.54) is 55.2 Å². The van der Waals surface area contributed by atoms with Crippen LogP contribution in [-0.2, 0) is 6.42 Å². The Kier molecular flexibility index (Phi) is 4.11. The van der Waals surface area contributed by atoms with Crippen LogP contribution in [0.15, 0.2) is 30.3 Å². The van der Waals surface area contributed by atoms with E-state index >= 15 is 0 Å². The molecule has 0 radical (unpaired) electrons. The van der Waals surface area contributed by atoms with E-state index in [-0.39, 0.29) is 0 Å². The fourth-order valence-corrected chi connectivity index (χ4v) is 3.70. The lowest BCUT2D eigenvalue weighted by molar-refractivity contribution is -0.947. The number of hydrogen-bond donors (Lipinski definition) is 0. The molecule has 1 unspecified atom stereocenters. The van der Waals surface area contributed by atoms with Gasteiger partial charge in [0.05, 0.1) is 20.1 Å². The molecule has 18 heavy (non-hydrogen) atoms. The van der Waals surface area contributed by atoms with Crippen molar-refractivity contribution in [2.75, 3.05) is 20.1 Å². The van der Waals surface area contributed by atoms with Gasteiger partial charge in [0, 0.05) is 25.7 Å². The van der Waals surface area contributed by atoms with Crippen LogP contribution in [-0.4, -0.2) is 30.2 Å². The molecule has 0 N–H and O–H groups in total. The number of likely N-dealkylation sites (N-methyl/N-ethyl adjacent to an activating group) is 1. The highest BCUT2D eigenvalue weighted by molar-refractivity contribution is 5.17. The van der Waals surface area contributed by atoms with Crippen molar-refractivity contribution in [1.82, 2.24) is 0 Å². The Balaban J connectivity index is 2.21. The highest BCUT2D eigenvalue weighted by Crippen LogP contribution is 2.35. The molecular weight excluding hydrogens is 218 g/mol. The first-order valence-electron chi connectivity index (χ1n) is 7.48. The first kappa shape index (κ1) is 13.6. The van der Waals surface area contributed by atoms with Crippen molar-refractivity contribution in [2.24, 2.45) is 0 Å². The first-order valence-corrected chi connectivity index (χ1v) is 7.48. The zero-order chi connectivity index (χ0) is 13.1. The summed E-state index contributed by atoms with van der Waals surface area (Å²) in [5, 5.41) is 0. The van der Waals surface area contributed by atoms with Crippen LogP contribution in [0, 0.1) is 0 Å². The molecule has 1 fully saturated rings. The minimum atomic E-state index is 0.409. The summed E-state index contributed by atoms with van der Waals surface area (Å²) in [5.41, 5.74) is 1.91. The van der Waals surface area contributed by atoms with Gasteiger partial charge in [0.25, 0.3) is 0 Å². The molecule has 1 nitrogen and oxygen atoms in total. The SMILES string of the molecule is CCCC(C)(Cc1ccccc1)[N+]1(C)CCCC1. The van der Waals surface area contributed by atoms with Crippen LogP contribution in [0.2, 0.25) is 0 Å². The molecule has 2 rings (SSSR count). The van der Waals surface area contributed by atoms with Crippen molar-refractivity contribution >= 4 is 0 Å². The second-order valence-electron chi connectivity index (χ2n) is 6.46. The lowest BCUT2D eigenvalue weighted by atomic mass is 9.85. The number of benzene rings is 1. The van der Waals surface area contributed by atoms with E-state index in [1.807, 2.05) is 0 Å². The maximum atomic E-state index is 2.51. The van der Waals surface area contributed by atoms with Gasteiger partial charge in [-0.1, -0.05) is 43.7 Å². The van der Waals surface area contributed by atoms with Crippen LogP contribution in [0.25, 0.3) is 0 Å². The van der Waals surface area contributed by atoms with E-state index in [0.29, 0.717) is 5.54 Å². The fourth-order valence-electron chi connectivity index (χ4n) is 3.70. The average Bonchev–Trinajstić information content (AvgIpc) is 2.79. The summed E-state index contributed by atoms with van der Waals surface area (Å²) in [5.74, 6) is 0. The topological polar surface area (TPSA) is 0 Å². The number of quaternary nitrogens is 1. The van der Waals surface area contributed by atoms with Gasteiger partial charge in [0.2, 0.25) is 0 Å². The Labute approximate surface area is 112 Å². The maximum absolute atomic E-state index is 2.51. The summed E-state index contributed by atoms with van der Waals surface area (Å²) in [7, 11) is 2.48. The zero-order valence-corrected chi connectivity index (χ0v) is 12.3. The van der Waals surface area contributed by atoms with Crippen molar-refractivity contribution in [2.45, 2.75) is 51.5 Å². The third kappa shape index (κ3) is 2.61. The summed E-state index contributed by atoms with van der Waals surface area (Å²) < 4.78 is 1.27. The highest BCUT2D eigenvalue weighted by atomic mass is 15.4. The molecule has 0 aromatic heterocycles. The van der Waals surface area contributed by atoms with Crippen molar-refractivity contribution in [3.05, 3.63) is 35.9 Å². The molecule has 1 heterocycles. The van der Waals surface area contributed by atoms with Gasteiger partial charge in [-0.05, 0) is 12.5 Å². The largest absolute Gasteiger partial charge is 0.321 e. The monoisotopic (exact) mass is 246 g/mol. The van der Waals surface area contributed by atoms with Crippen molar-refractivity contribution in [3.8, 4) is 0 Å². The molecule has 1 heteroatoms. The molecule has 1 aliphatic rings. The number of hydrogen-bond acceptors (Lipinski definition) is 0. The van der Waals surface area contributed by atoms with E-state index in [1.54, 1.807) is 0 Å². The number of likely N-dealkylation sites (tertiary alicyclic amines) is 1. The van der Waals surface area contributed by atoms with Crippen molar-refractivity contribution in [3.63, 3.8) is 0 Å². The Morgan fingerprint density at radius 2 is 1.72 bits per heavy atom. The van der Waals surface area contributed by atoms with E-state index in [9.17, 15) is 0 Å². The molecule has 1 aliphatic heterocycles. The molecule has 0 spiro atoms. The predicted octanol–water partition coefficient (Wildman–Crippen LogP) is 4.03. The van der Waals surface area contributed by atoms with Crippen LogP contribution in [0.4, 0.5) is 0 Å². The van der Waals surface area contributed by atoms with E-state index in [4.69, 9.17) is 0 Å². The van der Waals surface area contributed by atoms with Crippen LogP contribution < -0.4 is 0 Å². The van der Waals surface area contributed by atoms with Gasteiger partial charge in [-0.2, -0.15) is 0 Å². The Morgan fingerprint density at radius 3 is 2.28 bits per heavy atom. The van der Waals surface area contributed by atoms with E-state index in [2.05, 4.69) is 51.2 Å². The smallest absolute Gasteiger partial charge is 0.100 e. The molecular formula is C17H28N+. The molecule has 0 amide bonds. The van der Waals surface area contributed by atoms with Crippen LogP contribution in [0.5, 0.6) is 0 Å². The first-order chi connectivity index (χ1) is 8.60. The van der Waals surface area contributed by atoms with Gasteiger partial charge in [-0.25, -0.2) is 0 Å². The van der Waals surface area contributed by atoms with Crippen LogP contribution in [0.3, 0.4) is 0 Å². The maximum Gasteiger partial charge on any atom is 0.100 e. The van der Waals surface area contributed by atoms with Crippen molar-refractivity contribution in [1.29, 1.82) is 0 Å². The number of nitrogens with zero attached hydrogens (tertiary/aromatic N) is 1. The average molecular weight is 246 g/mol. The lowest BCUT2D eigenvalue weighted by Crippen LogP contribution is -2.59. The third-order valence-corrected chi connectivity index (χ3v) is 5.07. The minimum Gasteiger partial charge on any atom is -0.321 e. The molecule has 0 bridgehead atoms. The molecule has 0 saturated carbocycles. The van der Waals surface area contributed by atoms with Crippen LogP contribution >= 0.6 is 0 Å². The van der Waals surface area contributed by atoms with Crippen molar-refractivity contribution < 1.29 is 4.48 Å². The minimum absolute atomic E-state index is 0.409. The molecule has 100 valence electrons. The van der Waals surface area contributed by atoms with E-state index < -0.39 is 0 Å². The normalized spacial score (nSPS) is 21.7. The Morgan fingerprint density at radius 1 is 1.11 bits per heavy atom. The van der Waals surface area contributed by atoms with Crippen LogP contribution in [0.1, 0.15) is 45.1 Å². The molecule has 1 aromatic rings. The third-order valence-electron chi connectivity index (χ3n) is 5.07. The van der Waals surface area contributed by atoms with Gasteiger partial charge in [0.1, 0.15) is 5.54 Å². The predicted molar refractivity (Wildman–Crippen MR) is 78.6 cm³/mol. The molecule has 0 aliphatic carbocycles. The standard InChI is InChI=1S/C17H28N/c1-4-12-17(2,18(3)13-8-9-14-18)15-16-10-6-5-7-11-16/h5-7,10-11H,4,8-9,12-15H2,1-3H3/q+1. The van der Waals surface area contributed by atoms with Gasteiger partial charge in [0.15, 0.2) is 0 Å². The lowest BCUT2D eigenvalue weighted by Gasteiger charge is -2.47.